The second kappa shape index (κ2) is 6.85. The molecule has 0 aliphatic rings. The smallest absolute Gasteiger partial charge is 0.333 e. The van der Waals surface area contributed by atoms with Gasteiger partial charge < -0.3 is 10.1 Å². The van der Waals surface area contributed by atoms with Crippen LogP contribution in [-0.4, -0.2) is 35.9 Å². The van der Waals surface area contributed by atoms with E-state index in [0.717, 1.165) is 18.7 Å². The number of carbonyl (C=O) groups is 1. The maximum absolute atomic E-state index is 11.1. The Bertz CT molecular complexity index is 396. The SMILES string of the molecule is COC(=O)/C(C)=C/CNCCc1ccn(C)n1. The van der Waals surface area contributed by atoms with E-state index in [-0.39, 0.29) is 5.97 Å². The number of aromatic nitrogens is 2. The molecular formula is C12H19N3O2. The molecule has 5 heteroatoms. The fourth-order valence-electron chi connectivity index (χ4n) is 1.38. The van der Waals surface area contributed by atoms with Gasteiger partial charge in [0.2, 0.25) is 0 Å². The van der Waals surface area contributed by atoms with Gasteiger partial charge in [0, 0.05) is 38.3 Å². The van der Waals surface area contributed by atoms with Gasteiger partial charge in [-0.25, -0.2) is 4.79 Å². The van der Waals surface area contributed by atoms with Crippen molar-refractivity contribution < 1.29 is 9.53 Å². The highest BCUT2D eigenvalue weighted by atomic mass is 16.5. The van der Waals surface area contributed by atoms with Gasteiger partial charge in [-0.3, -0.25) is 4.68 Å². The minimum Gasteiger partial charge on any atom is -0.466 e. The van der Waals surface area contributed by atoms with E-state index < -0.39 is 0 Å². The third-order valence-electron chi connectivity index (χ3n) is 2.39. The van der Waals surface area contributed by atoms with Crippen LogP contribution in [0.1, 0.15) is 12.6 Å². The molecule has 1 aromatic heterocycles. The number of ether oxygens (including phenoxy) is 1. The first kappa shape index (κ1) is 13.4. The summed E-state index contributed by atoms with van der Waals surface area (Å²) >= 11 is 0. The molecular weight excluding hydrogens is 218 g/mol. The van der Waals surface area contributed by atoms with Crippen molar-refractivity contribution in [2.45, 2.75) is 13.3 Å². The van der Waals surface area contributed by atoms with Crippen LogP contribution >= 0.6 is 0 Å². The summed E-state index contributed by atoms with van der Waals surface area (Å²) < 4.78 is 6.38. The fourth-order valence-corrected chi connectivity index (χ4v) is 1.38. The molecule has 0 radical (unpaired) electrons. The summed E-state index contributed by atoms with van der Waals surface area (Å²) in [5.74, 6) is -0.281. The third-order valence-corrected chi connectivity index (χ3v) is 2.39. The molecule has 1 aromatic rings. The summed E-state index contributed by atoms with van der Waals surface area (Å²) in [4.78, 5) is 11.1. The van der Waals surface area contributed by atoms with E-state index >= 15 is 0 Å². The van der Waals surface area contributed by atoms with Crippen molar-refractivity contribution in [1.29, 1.82) is 0 Å². The number of nitrogens with zero attached hydrogens (tertiary/aromatic N) is 2. The van der Waals surface area contributed by atoms with E-state index in [9.17, 15) is 4.79 Å². The molecule has 0 fully saturated rings. The number of aryl methyl sites for hydroxylation is 1. The van der Waals surface area contributed by atoms with Crippen molar-refractivity contribution in [2.24, 2.45) is 7.05 Å². The Labute approximate surface area is 101 Å². The van der Waals surface area contributed by atoms with E-state index in [1.54, 1.807) is 11.6 Å². The van der Waals surface area contributed by atoms with E-state index in [1.807, 2.05) is 25.4 Å². The predicted octanol–water partition coefficient (Wildman–Crippen LogP) is 0.671. The van der Waals surface area contributed by atoms with Crippen LogP contribution in [0.25, 0.3) is 0 Å². The lowest BCUT2D eigenvalue weighted by molar-refractivity contribution is -0.136. The lowest BCUT2D eigenvalue weighted by Crippen LogP contribution is -2.18. The zero-order valence-corrected chi connectivity index (χ0v) is 10.6. The fraction of sp³-hybridized carbons (Fsp3) is 0.500. The maximum Gasteiger partial charge on any atom is 0.333 e. The molecule has 0 aliphatic heterocycles. The minimum atomic E-state index is -0.281. The minimum absolute atomic E-state index is 0.281. The Morgan fingerprint density at radius 1 is 1.65 bits per heavy atom. The molecule has 0 saturated heterocycles. The van der Waals surface area contributed by atoms with Crippen molar-refractivity contribution in [1.82, 2.24) is 15.1 Å². The van der Waals surface area contributed by atoms with E-state index in [2.05, 4.69) is 15.2 Å². The first-order valence-electron chi connectivity index (χ1n) is 5.58. The second-order valence-corrected chi connectivity index (χ2v) is 3.81. The summed E-state index contributed by atoms with van der Waals surface area (Å²) in [5.41, 5.74) is 1.69. The van der Waals surface area contributed by atoms with Gasteiger partial charge >= 0.3 is 5.97 Å². The Balaban J connectivity index is 2.18. The third kappa shape index (κ3) is 4.82. The standard InChI is InChI=1S/C12H19N3O2/c1-10(12(16)17-3)4-7-13-8-5-11-6-9-15(2)14-11/h4,6,9,13H,5,7-8H2,1-3H3/b10-4+. The maximum atomic E-state index is 11.1. The molecule has 0 amide bonds. The van der Waals surface area contributed by atoms with E-state index in [0.29, 0.717) is 12.1 Å². The predicted molar refractivity (Wildman–Crippen MR) is 65.6 cm³/mol. The van der Waals surface area contributed by atoms with E-state index in [1.165, 1.54) is 7.11 Å². The van der Waals surface area contributed by atoms with Crippen LogP contribution in [0.2, 0.25) is 0 Å². The average Bonchev–Trinajstić information content (AvgIpc) is 2.73. The van der Waals surface area contributed by atoms with Crippen molar-refractivity contribution in [3.63, 3.8) is 0 Å². The van der Waals surface area contributed by atoms with Crippen LogP contribution < -0.4 is 5.32 Å². The highest BCUT2D eigenvalue weighted by Gasteiger charge is 2.01. The lowest BCUT2D eigenvalue weighted by atomic mass is 10.3. The summed E-state index contributed by atoms with van der Waals surface area (Å²) in [6, 6.07) is 2.00. The van der Waals surface area contributed by atoms with Crippen LogP contribution in [0.5, 0.6) is 0 Å². The summed E-state index contributed by atoms with van der Waals surface area (Å²) in [6.07, 6.45) is 4.63. The number of esters is 1. The Hall–Kier alpha value is -1.62. The van der Waals surface area contributed by atoms with Crippen LogP contribution in [0.15, 0.2) is 23.9 Å². The van der Waals surface area contributed by atoms with Crippen molar-refractivity contribution in [2.75, 3.05) is 20.2 Å². The largest absolute Gasteiger partial charge is 0.466 e. The molecule has 17 heavy (non-hydrogen) atoms. The molecule has 1 heterocycles. The summed E-state index contributed by atoms with van der Waals surface area (Å²) in [7, 11) is 3.29. The number of carbonyl (C=O) groups excluding carboxylic acids is 1. The second-order valence-electron chi connectivity index (χ2n) is 3.81. The molecule has 0 saturated carbocycles. The molecule has 0 spiro atoms. The highest BCUT2D eigenvalue weighted by Crippen LogP contribution is 1.95. The van der Waals surface area contributed by atoms with Gasteiger partial charge in [0.15, 0.2) is 0 Å². The molecule has 0 aliphatic carbocycles. The number of hydrogen-bond acceptors (Lipinski definition) is 4. The Morgan fingerprint density at radius 3 is 3.00 bits per heavy atom. The normalized spacial score (nSPS) is 11.6. The Kier molecular flexibility index (Phi) is 5.42. The number of hydrogen-bond donors (Lipinski definition) is 1. The van der Waals surface area contributed by atoms with Gasteiger partial charge in [-0.1, -0.05) is 6.08 Å². The molecule has 5 nitrogen and oxygen atoms in total. The first-order valence-corrected chi connectivity index (χ1v) is 5.58. The zero-order valence-electron chi connectivity index (χ0n) is 10.6. The number of rotatable bonds is 6. The first-order chi connectivity index (χ1) is 8.13. The molecule has 0 bridgehead atoms. The van der Waals surface area contributed by atoms with Gasteiger partial charge in [-0.05, 0) is 13.0 Å². The summed E-state index contributed by atoms with van der Waals surface area (Å²) in [5, 5.41) is 7.49. The van der Waals surface area contributed by atoms with Gasteiger partial charge in [0.05, 0.1) is 12.8 Å². The molecule has 0 aromatic carbocycles. The van der Waals surface area contributed by atoms with Crippen LogP contribution in [0.4, 0.5) is 0 Å². The van der Waals surface area contributed by atoms with Crippen LogP contribution in [-0.2, 0) is 23.0 Å². The molecule has 1 rings (SSSR count). The van der Waals surface area contributed by atoms with Gasteiger partial charge in [-0.2, -0.15) is 5.10 Å². The number of methoxy groups -OCH3 is 1. The molecule has 0 unspecified atom stereocenters. The van der Waals surface area contributed by atoms with Crippen LogP contribution in [0, 0.1) is 0 Å². The van der Waals surface area contributed by atoms with Gasteiger partial charge in [0.25, 0.3) is 0 Å². The van der Waals surface area contributed by atoms with Crippen molar-refractivity contribution >= 4 is 5.97 Å². The zero-order chi connectivity index (χ0) is 12.7. The number of nitrogens with one attached hydrogen (secondary N) is 1. The molecule has 1 N–H and O–H groups in total. The van der Waals surface area contributed by atoms with E-state index in [4.69, 9.17) is 0 Å². The topological polar surface area (TPSA) is 56.1 Å². The molecule has 0 atom stereocenters. The monoisotopic (exact) mass is 237 g/mol. The molecule has 94 valence electrons. The van der Waals surface area contributed by atoms with Gasteiger partial charge in [0.1, 0.15) is 0 Å². The van der Waals surface area contributed by atoms with Crippen LogP contribution in [0.3, 0.4) is 0 Å². The average molecular weight is 237 g/mol. The summed E-state index contributed by atoms with van der Waals surface area (Å²) in [6.45, 7) is 3.24. The Morgan fingerprint density at radius 2 is 2.41 bits per heavy atom. The van der Waals surface area contributed by atoms with Crippen molar-refractivity contribution in [3.05, 3.63) is 29.6 Å². The van der Waals surface area contributed by atoms with Crippen molar-refractivity contribution in [3.8, 4) is 0 Å². The lowest BCUT2D eigenvalue weighted by Gasteiger charge is -2.01. The quantitative estimate of drug-likeness (QED) is 0.449. The highest BCUT2D eigenvalue weighted by molar-refractivity contribution is 5.87. The van der Waals surface area contributed by atoms with Gasteiger partial charge in [-0.15, -0.1) is 0 Å².